The van der Waals surface area contributed by atoms with Gasteiger partial charge in [0.05, 0.1) is 0 Å². The number of allylic oxidation sites excluding steroid dienone is 3. The number of fused-ring (bicyclic) bond motifs is 1. The number of pyridine rings is 1. The van der Waals surface area contributed by atoms with Crippen LogP contribution in [0.15, 0.2) is 96.3 Å². The lowest BCUT2D eigenvalue weighted by atomic mass is 9.96. The van der Waals surface area contributed by atoms with E-state index in [4.69, 9.17) is 14.5 Å². The maximum absolute atomic E-state index is 5.78. The molecular formula is C24H20N2O2S. The van der Waals surface area contributed by atoms with Crippen LogP contribution in [0.25, 0.3) is 21.2 Å². The van der Waals surface area contributed by atoms with E-state index in [0.717, 1.165) is 29.8 Å². The summed E-state index contributed by atoms with van der Waals surface area (Å²) >= 11 is 1.73. The number of hydrogen-bond acceptors (Lipinski definition) is 5. The van der Waals surface area contributed by atoms with Gasteiger partial charge in [0.1, 0.15) is 30.6 Å². The molecule has 1 atom stereocenters. The van der Waals surface area contributed by atoms with Crippen molar-refractivity contribution in [3.63, 3.8) is 0 Å². The average Bonchev–Trinajstić information content (AvgIpc) is 3.24. The third-order valence-electron chi connectivity index (χ3n) is 5.08. The summed E-state index contributed by atoms with van der Waals surface area (Å²) in [5, 5.41) is 6.98. The van der Waals surface area contributed by atoms with Gasteiger partial charge >= 0.3 is 0 Å². The zero-order valence-corrected chi connectivity index (χ0v) is 16.6. The standard InChI is InChI=1S/C24H20N2O2S/c1-3-7-17(8-4-1)19-16-29-21-11-12-25-24(22(19)21)26-23(18-9-5-2-6-10-18)20-15-27-13-14-28-20/h1-5,7-9,11-16,23H,6,10H2,(H,25,26). The number of nitrogens with zero attached hydrogens (tertiary/aromatic N) is 1. The fraction of sp³-hybridized carbons (Fsp3) is 0.125. The minimum absolute atomic E-state index is 0.147. The first-order chi connectivity index (χ1) is 14.4. The monoisotopic (exact) mass is 400 g/mol. The Hall–Kier alpha value is -3.31. The summed E-state index contributed by atoms with van der Waals surface area (Å²) in [6, 6.07) is 12.4. The Morgan fingerprint density at radius 3 is 2.83 bits per heavy atom. The van der Waals surface area contributed by atoms with Crippen LogP contribution in [0.3, 0.4) is 0 Å². The number of anilines is 1. The van der Waals surface area contributed by atoms with E-state index in [2.05, 4.69) is 59.3 Å². The zero-order valence-electron chi connectivity index (χ0n) is 15.7. The SMILES string of the molecule is C1=CCCC(C(Nc2nccc3scc(-c4ccccc4)c23)C2=COC=CO2)=C1. The highest BCUT2D eigenvalue weighted by Crippen LogP contribution is 2.38. The molecule has 1 aliphatic carbocycles. The van der Waals surface area contributed by atoms with Crippen LogP contribution < -0.4 is 5.32 Å². The van der Waals surface area contributed by atoms with Crippen LogP contribution >= 0.6 is 11.3 Å². The van der Waals surface area contributed by atoms with Crippen LogP contribution in [0, 0.1) is 0 Å². The number of rotatable bonds is 5. The lowest BCUT2D eigenvalue weighted by Crippen LogP contribution is -2.27. The van der Waals surface area contributed by atoms with Gasteiger partial charge in [-0.05, 0) is 35.4 Å². The minimum atomic E-state index is -0.147. The number of thiophene rings is 1. The molecule has 3 aromatic rings. The Kier molecular flexibility index (Phi) is 4.88. The van der Waals surface area contributed by atoms with Crippen molar-refractivity contribution in [2.45, 2.75) is 18.9 Å². The second-order valence-electron chi connectivity index (χ2n) is 6.88. The first-order valence-corrected chi connectivity index (χ1v) is 10.5. The summed E-state index contributed by atoms with van der Waals surface area (Å²) in [7, 11) is 0. The van der Waals surface area contributed by atoms with Gasteiger partial charge in [-0.15, -0.1) is 11.3 Å². The maximum Gasteiger partial charge on any atom is 0.165 e. The topological polar surface area (TPSA) is 43.4 Å². The highest BCUT2D eigenvalue weighted by Gasteiger charge is 2.24. The number of nitrogens with one attached hydrogen (secondary N) is 1. The van der Waals surface area contributed by atoms with E-state index in [-0.39, 0.29) is 6.04 Å². The van der Waals surface area contributed by atoms with Gasteiger partial charge in [0.2, 0.25) is 0 Å². The molecule has 0 fully saturated rings. The number of benzene rings is 1. The van der Waals surface area contributed by atoms with Gasteiger partial charge in [-0.3, -0.25) is 0 Å². The van der Waals surface area contributed by atoms with Crippen LogP contribution in [-0.2, 0) is 9.47 Å². The first kappa shape index (κ1) is 17.8. The molecule has 29 heavy (non-hydrogen) atoms. The summed E-state index contributed by atoms with van der Waals surface area (Å²) in [6.07, 6.45) is 15.0. The smallest absolute Gasteiger partial charge is 0.165 e. The van der Waals surface area contributed by atoms with Gasteiger partial charge in [-0.1, -0.05) is 48.6 Å². The van der Waals surface area contributed by atoms with Crippen molar-refractivity contribution in [1.82, 2.24) is 4.98 Å². The van der Waals surface area contributed by atoms with Crippen LogP contribution in [0.1, 0.15) is 12.8 Å². The number of ether oxygens (including phenoxy) is 2. The molecule has 0 bridgehead atoms. The van der Waals surface area contributed by atoms with Crippen molar-refractivity contribution in [2.24, 2.45) is 0 Å². The van der Waals surface area contributed by atoms with E-state index in [9.17, 15) is 0 Å². The van der Waals surface area contributed by atoms with Crippen molar-refractivity contribution < 1.29 is 9.47 Å². The molecule has 1 aromatic carbocycles. The molecule has 1 N–H and O–H groups in total. The summed E-state index contributed by atoms with van der Waals surface area (Å²) < 4.78 is 12.4. The van der Waals surface area contributed by atoms with Crippen molar-refractivity contribution in [3.8, 4) is 11.1 Å². The summed E-state index contributed by atoms with van der Waals surface area (Å²) in [5.41, 5.74) is 3.62. The summed E-state index contributed by atoms with van der Waals surface area (Å²) in [6.45, 7) is 0. The Morgan fingerprint density at radius 1 is 1.10 bits per heavy atom. The molecule has 0 saturated heterocycles. The molecule has 5 rings (SSSR count). The van der Waals surface area contributed by atoms with E-state index in [1.165, 1.54) is 27.7 Å². The van der Waals surface area contributed by atoms with Crippen molar-refractivity contribution >= 4 is 27.2 Å². The molecule has 0 saturated carbocycles. The summed E-state index contributed by atoms with van der Waals surface area (Å²) in [4.78, 5) is 4.70. The van der Waals surface area contributed by atoms with Gasteiger partial charge in [-0.25, -0.2) is 4.98 Å². The molecule has 144 valence electrons. The predicted octanol–water partition coefficient (Wildman–Crippen LogP) is 6.38. The quantitative estimate of drug-likeness (QED) is 0.540. The normalized spacial score (nSPS) is 16.6. The molecule has 1 unspecified atom stereocenters. The second kappa shape index (κ2) is 7.97. The molecule has 2 aliphatic rings. The van der Waals surface area contributed by atoms with Gasteiger partial charge < -0.3 is 14.8 Å². The van der Waals surface area contributed by atoms with E-state index >= 15 is 0 Å². The van der Waals surface area contributed by atoms with Crippen molar-refractivity contribution in [2.75, 3.05) is 5.32 Å². The highest BCUT2D eigenvalue weighted by atomic mass is 32.1. The fourth-order valence-electron chi connectivity index (χ4n) is 3.68. The number of aromatic nitrogens is 1. The van der Waals surface area contributed by atoms with Gasteiger partial charge in [-0.2, -0.15) is 0 Å². The third-order valence-corrected chi connectivity index (χ3v) is 6.02. The Balaban J connectivity index is 1.58. The molecule has 3 heterocycles. The second-order valence-corrected chi connectivity index (χ2v) is 7.79. The molecule has 0 radical (unpaired) electrons. The zero-order chi connectivity index (χ0) is 19.5. The maximum atomic E-state index is 5.78. The van der Waals surface area contributed by atoms with Crippen LogP contribution in [-0.4, -0.2) is 11.0 Å². The largest absolute Gasteiger partial charge is 0.466 e. The molecule has 1 aliphatic heterocycles. The first-order valence-electron chi connectivity index (χ1n) is 9.61. The van der Waals surface area contributed by atoms with Crippen LogP contribution in [0.5, 0.6) is 0 Å². The van der Waals surface area contributed by atoms with Gasteiger partial charge in [0, 0.05) is 21.8 Å². The molecule has 4 nitrogen and oxygen atoms in total. The van der Waals surface area contributed by atoms with E-state index < -0.39 is 0 Å². The van der Waals surface area contributed by atoms with Gasteiger partial charge in [0.25, 0.3) is 0 Å². The van der Waals surface area contributed by atoms with Crippen molar-refractivity contribution in [1.29, 1.82) is 0 Å². The summed E-state index contributed by atoms with van der Waals surface area (Å²) in [5.74, 6) is 1.58. The van der Waals surface area contributed by atoms with Gasteiger partial charge in [0.15, 0.2) is 5.76 Å². The Morgan fingerprint density at radius 2 is 2.03 bits per heavy atom. The van der Waals surface area contributed by atoms with E-state index in [0.29, 0.717) is 0 Å². The van der Waals surface area contributed by atoms with Crippen LogP contribution in [0.4, 0.5) is 5.82 Å². The lowest BCUT2D eigenvalue weighted by Gasteiger charge is -2.26. The average molecular weight is 401 g/mol. The minimum Gasteiger partial charge on any atom is -0.466 e. The molecular weight excluding hydrogens is 380 g/mol. The molecule has 0 spiro atoms. The third kappa shape index (κ3) is 3.57. The van der Waals surface area contributed by atoms with Crippen molar-refractivity contribution in [3.05, 3.63) is 96.3 Å². The lowest BCUT2D eigenvalue weighted by molar-refractivity contribution is 0.245. The fourth-order valence-corrected chi connectivity index (χ4v) is 4.64. The molecule has 0 amide bonds. The van der Waals surface area contributed by atoms with E-state index in [1.807, 2.05) is 12.3 Å². The Bertz CT molecular complexity index is 1140. The van der Waals surface area contributed by atoms with E-state index in [1.54, 1.807) is 23.9 Å². The number of hydrogen-bond donors (Lipinski definition) is 1. The predicted molar refractivity (Wildman–Crippen MR) is 118 cm³/mol. The highest BCUT2D eigenvalue weighted by molar-refractivity contribution is 7.17. The molecule has 5 heteroatoms. The van der Waals surface area contributed by atoms with Crippen LogP contribution in [0.2, 0.25) is 0 Å². The molecule has 2 aromatic heterocycles. The Labute approximate surface area is 173 Å².